The highest BCUT2D eigenvalue weighted by Gasteiger charge is 2.15. The lowest BCUT2D eigenvalue weighted by Gasteiger charge is -2.02. The molecule has 52 valence electrons. The molecule has 0 radical (unpaired) electrons. The van der Waals surface area contributed by atoms with Crippen LogP contribution < -0.4 is 0 Å². The highest BCUT2D eigenvalue weighted by Crippen LogP contribution is 2.28. The zero-order valence-electron chi connectivity index (χ0n) is 5.60. The molecular formula is C7H13OP. The Morgan fingerprint density at radius 3 is 2.44 bits per heavy atom. The molecule has 0 saturated heterocycles. The average Bonchev–Trinajstić information content (AvgIpc) is 2.15. The van der Waals surface area contributed by atoms with Crippen LogP contribution in [0.5, 0.6) is 0 Å². The molecular weight excluding hydrogens is 131 g/mol. The summed E-state index contributed by atoms with van der Waals surface area (Å²) in [5.74, 6) is 0.718. The lowest BCUT2D eigenvalue weighted by atomic mass is 10.1. The van der Waals surface area contributed by atoms with Crippen LogP contribution in [-0.2, 0) is 4.79 Å². The molecule has 1 unspecified atom stereocenters. The van der Waals surface area contributed by atoms with Crippen LogP contribution in [0.3, 0.4) is 0 Å². The van der Waals surface area contributed by atoms with Crippen LogP contribution in [0.25, 0.3) is 0 Å². The first-order valence-corrected chi connectivity index (χ1v) is 4.15. The van der Waals surface area contributed by atoms with E-state index < -0.39 is 0 Å². The van der Waals surface area contributed by atoms with Gasteiger partial charge in [0.15, 0.2) is 0 Å². The molecule has 1 saturated carbocycles. The predicted molar refractivity (Wildman–Crippen MR) is 41.3 cm³/mol. The molecule has 0 amide bonds. The SMILES string of the molecule is O=C(P)CC1CCCC1. The molecule has 0 bridgehead atoms. The first kappa shape index (κ1) is 7.21. The van der Waals surface area contributed by atoms with E-state index >= 15 is 0 Å². The van der Waals surface area contributed by atoms with Gasteiger partial charge in [-0.05, 0) is 5.92 Å². The van der Waals surface area contributed by atoms with Crippen molar-refractivity contribution in [3.63, 3.8) is 0 Å². The van der Waals surface area contributed by atoms with E-state index in [-0.39, 0.29) is 5.52 Å². The molecule has 1 rings (SSSR count). The van der Waals surface area contributed by atoms with Crippen molar-refractivity contribution in [3.8, 4) is 0 Å². The van der Waals surface area contributed by atoms with Gasteiger partial charge in [0, 0.05) is 6.42 Å². The topological polar surface area (TPSA) is 17.1 Å². The van der Waals surface area contributed by atoms with Gasteiger partial charge >= 0.3 is 0 Å². The van der Waals surface area contributed by atoms with E-state index in [2.05, 4.69) is 9.24 Å². The molecule has 1 fully saturated rings. The Bertz CT molecular complexity index is 105. The van der Waals surface area contributed by atoms with Crippen molar-refractivity contribution in [2.75, 3.05) is 0 Å². The van der Waals surface area contributed by atoms with Crippen molar-refractivity contribution in [2.45, 2.75) is 32.1 Å². The second kappa shape index (κ2) is 3.31. The largest absolute Gasteiger partial charge is 0.295 e. The zero-order valence-corrected chi connectivity index (χ0v) is 6.75. The summed E-state index contributed by atoms with van der Waals surface area (Å²) in [6.45, 7) is 0. The minimum atomic E-state index is 0.280. The highest BCUT2D eigenvalue weighted by molar-refractivity contribution is 7.40. The predicted octanol–water partition coefficient (Wildman–Crippen LogP) is 1.97. The quantitative estimate of drug-likeness (QED) is 0.541. The van der Waals surface area contributed by atoms with E-state index in [1.165, 1.54) is 25.7 Å². The van der Waals surface area contributed by atoms with Gasteiger partial charge in [-0.15, -0.1) is 0 Å². The Balaban J connectivity index is 2.19. The minimum Gasteiger partial charge on any atom is -0.295 e. The summed E-state index contributed by atoms with van der Waals surface area (Å²) >= 11 is 0. The molecule has 1 nitrogen and oxygen atoms in total. The molecule has 0 N–H and O–H groups in total. The maximum Gasteiger partial charge on any atom is 0.148 e. The third-order valence-corrected chi connectivity index (χ3v) is 2.20. The summed E-state index contributed by atoms with van der Waals surface area (Å²) in [6.07, 6.45) is 6.02. The van der Waals surface area contributed by atoms with Crippen LogP contribution in [0.1, 0.15) is 32.1 Å². The molecule has 0 aliphatic heterocycles. The van der Waals surface area contributed by atoms with Gasteiger partial charge in [0.1, 0.15) is 5.52 Å². The van der Waals surface area contributed by atoms with Crippen molar-refractivity contribution < 1.29 is 4.79 Å². The van der Waals surface area contributed by atoms with Crippen molar-refractivity contribution >= 4 is 14.8 Å². The molecule has 0 spiro atoms. The first-order chi connectivity index (χ1) is 4.29. The Kier molecular flexibility index (Phi) is 2.65. The van der Waals surface area contributed by atoms with Crippen LogP contribution in [0.2, 0.25) is 0 Å². The van der Waals surface area contributed by atoms with E-state index in [9.17, 15) is 4.79 Å². The maximum atomic E-state index is 10.6. The van der Waals surface area contributed by atoms with Gasteiger partial charge in [-0.2, -0.15) is 0 Å². The fraction of sp³-hybridized carbons (Fsp3) is 0.857. The van der Waals surface area contributed by atoms with Crippen molar-refractivity contribution in [3.05, 3.63) is 0 Å². The van der Waals surface area contributed by atoms with Crippen molar-refractivity contribution in [2.24, 2.45) is 5.92 Å². The smallest absolute Gasteiger partial charge is 0.148 e. The lowest BCUT2D eigenvalue weighted by Crippen LogP contribution is -1.97. The molecule has 1 aliphatic rings. The monoisotopic (exact) mass is 144 g/mol. The fourth-order valence-corrected chi connectivity index (χ4v) is 1.83. The molecule has 2 heteroatoms. The molecule has 0 heterocycles. The molecule has 9 heavy (non-hydrogen) atoms. The minimum absolute atomic E-state index is 0.280. The third kappa shape index (κ3) is 2.45. The van der Waals surface area contributed by atoms with Crippen molar-refractivity contribution in [1.82, 2.24) is 0 Å². The number of carbonyl (C=O) groups excluding carboxylic acids is 1. The van der Waals surface area contributed by atoms with E-state index in [0.29, 0.717) is 0 Å². The van der Waals surface area contributed by atoms with E-state index in [1.54, 1.807) is 0 Å². The van der Waals surface area contributed by atoms with Gasteiger partial charge in [0.25, 0.3) is 0 Å². The van der Waals surface area contributed by atoms with Crippen LogP contribution in [-0.4, -0.2) is 5.52 Å². The van der Waals surface area contributed by atoms with Crippen LogP contribution >= 0.6 is 9.24 Å². The molecule has 1 atom stereocenters. The molecule has 0 aromatic carbocycles. The normalized spacial score (nSPS) is 20.6. The summed E-state index contributed by atoms with van der Waals surface area (Å²) in [7, 11) is 2.25. The van der Waals surface area contributed by atoms with Gasteiger partial charge in [0.2, 0.25) is 0 Å². The van der Waals surface area contributed by atoms with E-state index in [0.717, 1.165) is 12.3 Å². The Morgan fingerprint density at radius 2 is 2.00 bits per heavy atom. The lowest BCUT2D eigenvalue weighted by molar-refractivity contribution is -0.111. The third-order valence-electron chi connectivity index (χ3n) is 1.96. The Labute approximate surface area is 58.4 Å². The van der Waals surface area contributed by atoms with E-state index in [4.69, 9.17) is 0 Å². The molecule has 1 aliphatic carbocycles. The van der Waals surface area contributed by atoms with Crippen LogP contribution in [0, 0.1) is 5.92 Å². The zero-order chi connectivity index (χ0) is 6.69. The van der Waals surface area contributed by atoms with Crippen LogP contribution in [0.4, 0.5) is 0 Å². The van der Waals surface area contributed by atoms with Gasteiger partial charge in [0.05, 0.1) is 0 Å². The number of hydrogen-bond donors (Lipinski definition) is 0. The molecule has 0 aromatic heterocycles. The van der Waals surface area contributed by atoms with Gasteiger partial charge in [-0.1, -0.05) is 34.9 Å². The van der Waals surface area contributed by atoms with Crippen LogP contribution in [0.15, 0.2) is 0 Å². The summed E-state index contributed by atoms with van der Waals surface area (Å²) in [5.41, 5.74) is 0.280. The number of hydrogen-bond acceptors (Lipinski definition) is 1. The maximum absolute atomic E-state index is 10.6. The van der Waals surface area contributed by atoms with Gasteiger partial charge in [-0.25, -0.2) is 0 Å². The van der Waals surface area contributed by atoms with Gasteiger partial charge in [-0.3, -0.25) is 4.79 Å². The number of carbonyl (C=O) groups is 1. The first-order valence-electron chi connectivity index (χ1n) is 3.57. The Hall–Kier alpha value is 0.100. The second-order valence-electron chi connectivity index (χ2n) is 2.82. The fourth-order valence-electron chi connectivity index (χ4n) is 1.50. The average molecular weight is 144 g/mol. The van der Waals surface area contributed by atoms with E-state index in [1.807, 2.05) is 0 Å². The Morgan fingerprint density at radius 1 is 1.44 bits per heavy atom. The number of rotatable bonds is 2. The summed E-state index contributed by atoms with van der Waals surface area (Å²) < 4.78 is 0. The molecule has 0 aromatic rings. The summed E-state index contributed by atoms with van der Waals surface area (Å²) in [6, 6.07) is 0. The van der Waals surface area contributed by atoms with Gasteiger partial charge < -0.3 is 0 Å². The second-order valence-corrected chi connectivity index (χ2v) is 3.46. The highest BCUT2D eigenvalue weighted by atomic mass is 31.0. The summed E-state index contributed by atoms with van der Waals surface area (Å²) in [4.78, 5) is 10.6. The standard InChI is InChI=1S/C7H13OP/c8-7(9)5-6-3-1-2-4-6/h6H,1-5,9H2. The van der Waals surface area contributed by atoms with Crippen molar-refractivity contribution in [1.29, 1.82) is 0 Å². The summed E-state index contributed by atoms with van der Waals surface area (Å²) in [5, 5.41) is 0.